The fourth-order valence-electron chi connectivity index (χ4n) is 2.85. The summed E-state index contributed by atoms with van der Waals surface area (Å²) in [7, 11) is -1.50. The predicted octanol–water partition coefficient (Wildman–Crippen LogP) is 5.19. The van der Waals surface area contributed by atoms with Gasteiger partial charge in [-0.3, -0.25) is 0 Å². The molecule has 0 aromatic rings. The molecule has 0 heterocycles. The average Bonchev–Trinajstić information content (AvgIpc) is 2.29. The third kappa shape index (κ3) is 8.55. The second-order valence-electron chi connectivity index (χ2n) is 6.45. The molecule has 0 saturated carbocycles. The molecule has 0 saturated heterocycles. The monoisotopic (exact) mass is 292 g/mol. The highest BCUT2D eigenvalue weighted by molar-refractivity contribution is 7.19. The van der Waals surface area contributed by atoms with E-state index in [0.29, 0.717) is 0 Å². The van der Waals surface area contributed by atoms with Crippen molar-refractivity contribution in [3.63, 3.8) is 0 Å². The summed E-state index contributed by atoms with van der Waals surface area (Å²) in [6.07, 6.45) is 9.25. The average molecular weight is 293 g/mol. The summed E-state index contributed by atoms with van der Waals surface area (Å²) in [6.45, 7) is 15.6. The first-order chi connectivity index (χ1) is 8.39. The van der Waals surface area contributed by atoms with Crippen molar-refractivity contribution in [2.75, 3.05) is 25.8 Å². The molecule has 1 nitrogen and oxygen atoms in total. The summed E-state index contributed by atoms with van der Waals surface area (Å²) in [6, 6.07) is 0. The highest BCUT2D eigenvalue weighted by atomic mass is 35.6. The Balaban J connectivity index is 4.73. The Morgan fingerprint density at radius 1 is 0.778 bits per heavy atom. The van der Waals surface area contributed by atoms with Crippen molar-refractivity contribution in [1.82, 2.24) is 0 Å². The molecule has 0 aliphatic heterocycles. The molecule has 0 N–H and O–H groups in total. The van der Waals surface area contributed by atoms with Crippen LogP contribution in [0.4, 0.5) is 0 Å². The van der Waals surface area contributed by atoms with E-state index in [-0.39, 0.29) is 0 Å². The molecule has 0 atom stereocenters. The summed E-state index contributed by atoms with van der Waals surface area (Å²) in [5.41, 5.74) is 0. The van der Waals surface area contributed by atoms with E-state index in [2.05, 4.69) is 33.9 Å². The molecule has 18 heavy (non-hydrogen) atoms. The van der Waals surface area contributed by atoms with E-state index in [4.69, 9.17) is 11.1 Å². The summed E-state index contributed by atoms with van der Waals surface area (Å²) >= 11 is 6.68. The SMILES string of the molecule is CCCC[N+](CCCC)(CCCC)C[Si](C)(C)Cl. The Kier molecular flexibility index (Phi) is 9.63. The van der Waals surface area contributed by atoms with Crippen LogP contribution < -0.4 is 0 Å². The van der Waals surface area contributed by atoms with Crippen LogP contribution in [0.5, 0.6) is 0 Å². The van der Waals surface area contributed by atoms with E-state index in [1.807, 2.05) is 0 Å². The van der Waals surface area contributed by atoms with Crippen molar-refractivity contribution in [3.05, 3.63) is 0 Å². The number of halogens is 1. The molecule has 0 rings (SSSR count). The van der Waals surface area contributed by atoms with Crippen molar-refractivity contribution in [2.24, 2.45) is 0 Å². The van der Waals surface area contributed by atoms with Crippen molar-refractivity contribution >= 4 is 18.5 Å². The minimum atomic E-state index is -1.50. The molecular formula is C15H35ClNSi+. The summed E-state index contributed by atoms with van der Waals surface area (Å²) < 4.78 is 1.30. The van der Waals surface area contributed by atoms with Gasteiger partial charge in [0, 0.05) is 0 Å². The number of nitrogens with zero attached hydrogens (tertiary/aromatic N) is 1. The van der Waals surface area contributed by atoms with Crippen LogP contribution in [0, 0.1) is 0 Å². The minimum absolute atomic E-state index is 1.26. The van der Waals surface area contributed by atoms with Crippen LogP contribution in [0.2, 0.25) is 13.1 Å². The first kappa shape index (κ1) is 18.5. The lowest BCUT2D eigenvalue weighted by atomic mass is 10.2. The van der Waals surface area contributed by atoms with Gasteiger partial charge in [0.15, 0.2) is 0 Å². The van der Waals surface area contributed by atoms with Gasteiger partial charge in [-0.1, -0.05) is 53.1 Å². The van der Waals surface area contributed by atoms with Crippen molar-refractivity contribution in [1.29, 1.82) is 0 Å². The maximum absolute atomic E-state index is 6.68. The van der Waals surface area contributed by atoms with Crippen LogP contribution in [0.25, 0.3) is 0 Å². The molecular weight excluding hydrogens is 258 g/mol. The molecule has 0 aliphatic carbocycles. The van der Waals surface area contributed by atoms with Crippen LogP contribution >= 0.6 is 11.1 Å². The van der Waals surface area contributed by atoms with Gasteiger partial charge in [-0.25, -0.2) is 0 Å². The highest BCUT2D eigenvalue weighted by Gasteiger charge is 2.34. The Bertz CT molecular complexity index is 179. The second-order valence-corrected chi connectivity index (χ2v) is 13.3. The van der Waals surface area contributed by atoms with E-state index >= 15 is 0 Å². The largest absolute Gasteiger partial charge is 0.326 e. The highest BCUT2D eigenvalue weighted by Crippen LogP contribution is 2.21. The van der Waals surface area contributed by atoms with Gasteiger partial charge in [-0.2, -0.15) is 11.1 Å². The number of quaternary nitrogens is 1. The molecule has 0 spiro atoms. The molecule has 3 heteroatoms. The van der Waals surface area contributed by atoms with Gasteiger partial charge < -0.3 is 4.48 Å². The second kappa shape index (κ2) is 9.38. The lowest BCUT2D eigenvalue weighted by molar-refractivity contribution is -0.919. The number of unbranched alkanes of at least 4 members (excludes halogenated alkanes) is 3. The molecule has 0 fully saturated rings. The lowest BCUT2D eigenvalue weighted by Gasteiger charge is -2.42. The van der Waals surface area contributed by atoms with Crippen molar-refractivity contribution < 1.29 is 4.48 Å². The third-order valence-electron chi connectivity index (χ3n) is 3.67. The Morgan fingerprint density at radius 3 is 1.33 bits per heavy atom. The molecule has 0 aliphatic rings. The van der Waals surface area contributed by atoms with Gasteiger partial charge >= 0.3 is 0 Å². The van der Waals surface area contributed by atoms with Gasteiger partial charge in [0.2, 0.25) is 7.38 Å². The van der Waals surface area contributed by atoms with Crippen LogP contribution in [0.15, 0.2) is 0 Å². The Morgan fingerprint density at radius 2 is 1.11 bits per heavy atom. The zero-order valence-electron chi connectivity index (χ0n) is 13.4. The minimum Gasteiger partial charge on any atom is -0.326 e. The van der Waals surface area contributed by atoms with E-state index in [0.717, 1.165) is 0 Å². The maximum atomic E-state index is 6.68. The van der Waals surface area contributed by atoms with Gasteiger partial charge in [0.25, 0.3) is 0 Å². The van der Waals surface area contributed by atoms with Gasteiger partial charge in [0.1, 0.15) is 0 Å². The van der Waals surface area contributed by atoms with E-state index < -0.39 is 7.38 Å². The third-order valence-corrected chi connectivity index (χ3v) is 5.45. The topological polar surface area (TPSA) is 0 Å². The zero-order chi connectivity index (χ0) is 14.1. The molecule has 0 bridgehead atoms. The Labute approximate surface area is 121 Å². The molecule has 0 amide bonds. The van der Waals surface area contributed by atoms with Crippen LogP contribution in [0.3, 0.4) is 0 Å². The number of hydrogen-bond acceptors (Lipinski definition) is 0. The molecule has 110 valence electrons. The maximum Gasteiger partial charge on any atom is 0.211 e. The van der Waals surface area contributed by atoms with E-state index in [9.17, 15) is 0 Å². The van der Waals surface area contributed by atoms with E-state index in [1.165, 1.54) is 68.8 Å². The Hall–Kier alpha value is 0.467. The molecule has 0 radical (unpaired) electrons. The first-order valence-corrected chi connectivity index (χ1v) is 12.1. The number of hydrogen-bond donors (Lipinski definition) is 0. The van der Waals surface area contributed by atoms with Gasteiger partial charge in [0.05, 0.1) is 25.8 Å². The molecule has 0 unspecified atom stereocenters. The van der Waals surface area contributed by atoms with Crippen LogP contribution in [-0.4, -0.2) is 37.7 Å². The molecule has 0 aromatic carbocycles. The van der Waals surface area contributed by atoms with E-state index in [1.54, 1.807) is 0 Å². The fourth-order valence-corrected chi connectivity index (χ4v) is 5.68. The van der Waals surface area contributed by atoms with Crippen LogP contribution in [-0.2, 0) is 0 Å². The predicted molar refractivity (Wildman–Crippen MR) is 87.8 cm³/mol. The fraction of sp³-hybridized carbons (Fsp3) is 1.00. The number of rotatable bonds is 11. The lowest BCUT2D eigenvalue weighted by Crippen LogP contribution is -2.56. The summed E-state index contributed by atoms with van der Waals surface area (Å²) in [4.78, 5) is 0. The smallest absolute Gasteiger partial charge is 0.211 e. The van der Waals surface area contributed by atoms with Crippen molar-refractivity contribution in [3.8, 4) is 0 Å². The summed E-state index contributed by atoms with van der Waals surface area (Å²) in [5, 5.41) is 0. The summed E-state index contributed by atoms with van der Waals surface area (Å²) in [5.74, 6) is 0. The first-order valence-electron chi connectivity index (χ1n) is 7.93. The van der Waals surface area contributed by atoms with Crippen LogP contribution in [0.1, 0.15) is 59.3 Å². The van der Waals surface area contributed by atoms with Crippen molar-refractivity contribution in [2.45, 2.75) is 72.4 Å². The van der Waals surface area contributed by atoms with Gasteiger partial charge in [-0.05, 0) is 19.3 Å². The standard InChI is InChI=1S/C15H35ClNSi/c1-6-9-12-17(13-10-7-2,14-11-8-3)15-18(4,5)16/h6-15H2,1-5H3/q+1. The zero-order valence-corrected chi connectivity index (χ0v) is 15.2. The van der Waals surface area contributed by atoms with Gasteiger partial charge in [-0.15, -0.1) is 0 Å². The quantitative estimate of drug-likeness (QED) is 0.279. The normalized spacial score (nSPS) is 13.0. The molecule has 0 aromatic heterocycles.